The van der Waals surface area contributed by atoms with E-state index in [-0.39, 0.29) is 5.56 Å². The number of rotatable bonds is 1. The van der Waals surface area contributed by atoms with E-state index in [1.54, 1.807) is 7.05 Å². The smallest absolute Gasteiger partial charge is 0.250 e. The van der Waals surface area contributed by atoms with Gasteiger partial charge in [0.05, 0.1) is 0 Å². The first-order valence-electron chi connectivity index (χ1n) is 3.08. The van der Waals surface area contributed by atoms with Gasteiger partial charge in [-0.15, -0.1) is 0 Å². The molecule has 3 nitrogen and oxygen atoms in total. The SMILES string of the molecule is [CH]C(=O)c1ccc(=O)n(C)c1. The molecular formula is C8H7NO2. The third kappa shape index (κ3) is 1.55. The molecule has 1 aromatic heterocycles. The molecule has 1 aromatic rings. The Labute approximate surface area is 64.3 Å². The fourth-order valence-corrected chi connectivity index (χ4v) is 0.740. The van der Waals surface area contributed by atoms with E-state index in [4.69, 9.17) is 6.92 Å². The average Bonchev–Trinajstić information content (AvgIpc) is 1.94. The van der Waals surface area contributed by atoms with Gasteiger partial charge in [0.15, 0.2) is 5.78 Å². The molecule has 0 saturated carbocycles. The van der Waals surface area contributed by atoms with Crippen LogP contribution < -0.4 is 5.56 Å². The molecule has 0 amide bonds. The number of aromatic nitrogens is 1. The number of Topliss-reactive ketones (excluding diaryl/α,β-unsaturated/α-hetero) is 1. The number of pyridine rings is 1. The molecule has 0 N–H and O–H groups in total. The molecule has 0 fully saturated rings. The Bertz CT molecular complexity index is 338. The predicted octanol–water partition coefficient (Wildman–Crippen LogP) is 0.279. The van der Waals surface area contributed by atoms with Crippen LogP contribution in [0.25, 0.3) is 0 Å². The number of hydrogen-bond donors (Lipinski definition) is 0. The lowest BCUT2D eigenvalue weighted by atomic mass is 10.2. The molecule has 2 radical (unpaired) electrons. The first-order chi connectivity index (χ1) is 5.11. The summed E-state index contributed by atoms with van der Waals surface area (Å²) in [4.78, 5) is 21.4. The lowest BCUT2D eigenvalue weighted by Crippen LogP contribution is -2.15. The monoisotopic (exact) mass is 149 g/mol. The molecule has 0 aromatic carbocycles. The minimum absolute atomic E-state index is 0.157. The first-order valence-corrected chi connectivity index (χ1v) is 3.08. The van der Waals surface area contributed by atoms with Crippen LogP contribution in [0, 0.1) is 6.92 Å². The van der Waals surface area contributed by atoms with Crippen molar-refractivity contribution < 1.29 is 4.79 Å². The summed E-state index contributed by atoms with van der Waals surface area (Å²) in [6.07, 6.45) is 1.41. The maximum atomic E-state index is 10.8. The molecule has 0 aliphatic heterocycles. The van der Waals surface area contributed by atoms with Crippen molar-refractivity contribution in [3.8, 4) is 0 Å². The van der Waals surface area contributed by atoms with Gasteiger partial charge in [-0.05, 0) is 6.07 Å². The van der Waals surface area contributed by atoms with Crippen molar-refractivity contribution in [2.75, 3.05) is 0 Å². The van der Waals surface area contributed by atoms with E-state index in [9.17, 15) is 9.59 Å². The summed E-state index contributed by atoms with van der Waals surface area (Å²) in [5, 5.41) is 0. The summed E-state index contributed by atoms with van der Waals surface area (Å²) in [5.41, 5.74) is 0.183. The zero-order valence-corrected chi connectivity index (χ0v) is 6.07. The minimum atomic E-state index is -0.527. The van der Waals surface area contributed by atoms with Gasteiger partial charge in [-0.2, -0.15) is 0 Å². The summed E-state index contributed by atoms with van der Waals surface area (Å²) < 4.78 is 1.31. The Hall–Kier alpha value is -1.38. The maximum Gasteiger partial charge on any atom is 0.250 e. The van der Waals surface area contributed by atoms with Gasteiger partial charge < -0.3 is 4.57 Å². The van der Waals surface area contributed by atoms with E-state index in [1.165, 1.54) is 22.9 Å². The zero-order chi connectivity index (χ0) is 8.43. The van der Waals surface area contributed by atoms with Crippen LogP contribution in [0.3, 0.4) is 0 Å². The fraction of sp³-hybridized carbons (Fsp3) is 0.125. The quantitative estimate of drug-likeness (QED) is 0.538. The minimum Gasteiger partial charge on any atom is -0.318 e. The van der Waals surface area contributed by atoms with Crippen LogP contribution in [0.4, 0.5) is 0 Å². The second-order valence-electron chi connectivity index (χ2n) is 2.23. The van der Waals surface area contributed by atoms with Crippen molar-refractivity contribution in [1.29, 1.82) is 0 Å². The molecule has 0 bridgehead atoms. The lowest BCUT2D eigenvalue weighted by molar-refractivity contribution is 0.104. The first kappa shape index (κ1) is 7.72. The Morgan fingerprint density at radius 1 is 1.55 bits per heavy atom. The zero-order valence-electron chi connectivity index (χ0n) is 6.07. The van der Waals surface area contributed by atoms with Gasteiger partial charge in [0.2, 0.25) is 5.56 Å². The van der Waals surface area contributed by atoms with E-state index in [0.29, 0.717) is 5.56 Å². The summed E-state index contributed by atoms with van der Waals surface area (Å²) in [5.74, 6) is -0.527. The molecule has 0 unspecified atom stereocenters. The highest BCUT2D eigenvalue weighted by atomic mass is 16.1. The standard InChI is InChI=1S/C8H7NO2/c1-6(10)7-3-4-8(11)9(2)5-7/h1,3-5H,2H3. The van der Waals surface area contributed by atoms with Gasteiger partial charge in [-0.25, -0.2) is 0 Å². The largest absolute Gasteiger partial charge is 0.318 e. The molecule has 3 heteroatoms. The van der Waals surface area contributed by atoms with Gasteiger partial charge >= 0.3 is 0 Å². The maximum absolute atomic E-state index is 10.8. The van der Waals surface area contributed by atoms with E-state index in [1.807, 2.05) is 0 Å². The van der Waals surface area contributed by atoms with E-state index >= 15 is 0 Å². The third-order valence-corrected chi connectivity index (χ3v) is 1.37. The highest BCUT2D eigenvalue weighted by molar-refractivity contribution is 5.98. The van der Waals surface area contributed by atoms with Crippen molar-refractivity contribution in [1.82, 2.24) is 4.57 Å². The highest BCUT2D eigenvalue weighted by Crippen LogP contribution is 1.94. The Morgan fingerprint density at radius 3 is 2.64 bits per heavy atom. The molecule has 0 atom stereocenters. The van der Waals surface area contributed by atoms with Gasteiger partial charge in [-0.1, -0.05) is 0 Å². The van der Waals surface area contributed by atoms with Crippen molar-refractivity contribution >= 4 is 5.78 Å². The van der Waals surface area contributed by atoms with Crippen molar-refractivity contribution in [3.63, 3.8) is 0 Å². The number of carbonyl (C=O) groups is 1. The van der Waals surface area contributed by atoms with Crippen molar-refractivity contribution in [2.24, 2.45) is 7.05 Å². The van der Waals surface area contributed by atoms with Gasteiger partial charge in [0.25, 0.3) is 0 Å². The summed E-state index contributed by atoms with van der Waals surface area (Å²) in [6.45, 7) is 4.98. The average molecular weight is 149 g/mol. The second kappa shape index (κ2) is 2.70. The molecule has 11 heavy (non-hydrogen) atoms. The number of ketones is 1. The third-order valence-electron chi connectivity index (χ3n) is 1.37. The van der Waals surface area contributed by atoms with Crippen molar-refractivity contribution in [2.45, 2.75) is 0 Å². The van der Waals surface area contributed by atoms with Crippen LogP contribution in [-0.2, 0) is 7.05 Å². The molecule has 0 spiro atoms. The molecular weight excluding hydrogens is 142 g/mol. The van der Waals surface area contributed by atoms with Gasteiger partial charge in [0, 0.05) is 31.8 Å². The highest BCUT2D eigenvalue weighted by Gasteiger charge is 1.98. The molecule has 0 saturated heterocycles. The lowest BCUT2D eigenvalue weighted by Gasteiger charge is -1.97. The van der Waals surface area contributed by atoms with E-state index in [2.05, 4.69) is 0 Å². The Balaban J connectivity index is 3.26. The van der Waals surface area contributed by atoms with Crippen LogP contribution in [-0.4, -0.2) is 10.4 Å². The second-order valence-corrected chi connectivity index (χ2v) is 2.23. The van der Waals surface area contributed by atoms with Crippen LogP contribution in [0.15, 0.2) is 23.1 Å². The van der Waals surface area contributed by atoms with Crippen LogP contribution in [0.2, 0.25) is 0 Å². The normalized spacial score (nSPS) is 9.64. The van der Waals surface area contributed by atoms with Crippen molar-refractivity contribution in [3.05, 3.63) is 41.2 Å². The fourth-order valence-electron chi connectivity index (χ4n) is 0.740. The molecule has 0 aliphatic carbocycles. The number of aryl methyl sites for hydroxylation is 1. The van der Waals surface area contributed by atoms with E-state index < -0.39 is 5.78 Å². The van der Waals surface area contributed by atoms with Gasteiger partial charge in [-0.3, -0.25) is 9.59 Å². The Kier molecular flexibility index (Phi) is 1.89. The summed E-state index contributed by atoms with van der Waals surface area (Å²) >= 11 is 0. The number of nitrogens with zero attached hydrogens (tertiary/aromatic N) is 1. The van der Waals surface area contributed by atoms with Crippen LogP contribution in [0.5, 0.6) is 0 Å². The van der Waals surface area contributed by atoms with Crippen LogP contribution in [0.1, 0.15) is 10.4 Å². The molecule has 1 rings (SSSR count). The predicted molar refractivity (Wildman–Crippen MR) is 40.3 cm³/mol. The van der Waals surface area contributed by atoms with Gasteiger partial charge in [0.1, 0.15) is 0 Å². The molecule has 0 aliphatic rings. The topological polar surface area (TPSA) is 39.1 Å². The molecule has 1 heterocycles. The van der Waals surface area contributed by atoms with Crippen LogP contribution >= 0.6 is 0 Å². The number of hydrogen-bond acceptors (Lipinski definition) is 2. The molecule has 56 valence electrons. The Morgan fingerprint density at radius 2 is 2.18 bits per heavy atom. The number of carbonyl (C=O) groups excluding carboxylic acids is 1. The summed E-state index contributed by atoms with van der Waals surface area (Å²) in [7, 11) is 1.56. The van der Waals surface area contributed by atoms with E-state index in [0.717, 1.165) is 0 Å². The summed E-state index contributed by atoms with van der Waals surface area (Å²) in [6, 6.07) is 2.71.